The van der Waals surface area contributed by atoms with Gasteiger partial charge in [-0.15, -0.1) is 0 Å². The minimum atomic E-state index is 0.141. The maximum absolute atomic E-state index is 9.08. The number of para-hydroxylation sites is 1. The summed E-state index contributed by atoms with van der Waals surface area (Å²) in [5.74, 6) is 2.02. The molecule has 1 aromatic carbocycles. The highest BCUT2D eigenvalue weighted by Crippen LogP contribution is 2.20. The molecule has 132 valence electrons. The van der Waals surface area contributed by atoms with Gasteiger partial charge in [0.05, 0.1) is 11.6 Å². The summed E-state index contributed by atoms with van der Waals surface area (Å²) in [4.78, 5) is 9.05. The van der Waals surface area contributed by atoms with Crippen LogP contribution < -0.4 is 4.74 Å². The van der Waals surface area contributed by atoms with E-state index in [0.29, 0.717) is 29.6 Å². The van der Waals surface area contributed by atoms with Crippen LogP contribution in [0.4, 0.5) is 0 Å². The summed E-state index contributed by atoms with van der Waals surface area (Å²) >= 11 is 0. The van der Waals surface area contributed by atoms with E-state index in [2.05, 4.69) is 32.9 Å². The first-order valence-corrected chi connectivity index (χ1v) is 8.56. The Morgan fingerprint density at radius 3 is 2.72 bits per heavy atom. The number of hydrogen-bond acceptors (Lipinski definition) is 7. The third kappa shape index (κ3) is 4.35. The second-order valence-corrected chi connectivity index (χ2v) is 6.19. The van der Waals surface area contributed by atoms with Gasteiger partial charge in [-0.3, -0.25) is 9.80 Å². The number of aryl methyl sites for hydroxylation is 1. The van der Waals surface area contributed by atoms with Crippen molar-refractivity contribution >= 4 is 0 Å². The van der Waals surface area contributed by atoms with E-state index in [1.54, 1.807) is 6.07 Å². The molecule has 1 aliphatic rings. The first-order valence-electron chi connectivity index (χ1n) is 8.56. The van der Waals surface area contributed by atoms with Crippen LogP contribution in [0.15, 0.2) is 28.8 Å². The molecule has 2 heterocycles. The number of hydrogen-bond donors (Lipinski definition) is 0. The molecule has 7 nitrogen and oxygen atoms in total. The standard InChI is InChI=1S/C18H23N5O2/c1-14(18-20-15(2)21-25-18)23-9-7-22(8-10-23)11-12-24-17-6-4-3-5-16(17)13-19/h3-6,14H,7-12H2,1-2H3/t14-/m0/s1. The minimum Gasteiger partial charge on any atom is -0.491 e. The smallest absolute Gasteiger partial charge is 0.243 e. The zero-order valence-corrected chi connectivity index (χ0v) is 14.7. The lowest BCUT2D eigenvalue weighted by molar-refractivity contribution is 0.0800. The zero-order chi connectivity index (χ0) is 17.6. The number of ether oxygens (including phenoxy) is 1. The fourth-order valence-electron chi connectivity index (χ4n) is 2.98. The quantitative estimate of drug-likeness (QED) is 0.795. The predicted octanol–water partition coefficient (Wildman–Crippen LogP) is 2.01. The highest BCUT2D eigenvalue weighted by atomic mass is 16.5. The molecule has 0 unspecified atom stereocenters. The Kier molecular flexibility index (Phi) is 5.64. The number of nitriles is 1. The van der Waals surface area contributed by atoms with Crippen molar-refractivity contribution in [2.45, 2.75) is 19.9 Å². The molecule has 1 aromatic heterocycles. The SMILES string of the molecule is Cc1noc([C@H](C)N2CCN(CCOc3ccccc3C#N)CC2)n1. The molecular formula is C18H23N5O2. The van der Waals surface area contributed by atoms with Crippen LogP contribution in [0.25, 0.3) is 0 Å². The van der Waals surface area contributed by atoms with E-state index < -0.39 is 0 Å². The average molecular weight is 341 g/mol. The van der Waals surface area contributed by atoms with Crippen LogP contribution in [0.2, 0.25) is 0 Å². The Labute approximate surface area is 147 Å². The van der Waals surface area contributed by atoms with E-state index in [-0.39, 0.29) is 6.04 Å². The highest BCUT2D eigenvalue weighted by molar-refractivity contribution is 5.42. The lowest BCUT2D eigenvalue weighted by atomic mass is 10.2. The molecule has 1 saturated heterocycles. The first kappa shape index (κ1) is 17.4. The van der Waals surface area contributed by atoms with Crippen LogP contribution in [0.1, 0.15) is 30.2 Å². The van der Waals surface area contributed by atoms with E-state index >= 15 is 0 Å². The third-order valence-electron chi connectivity index (χ3n) is 4.53. The first-order chi connectivity index (χ1) is 12.2. The molecule has 0 spiro atoms. The van der Waals surface area contributed by atoms with Gasteiger partial charge in [0.1, 0.15) is 18.4 Å². The van der Waals surface area contributed by atoms with E-state index in [1.165, 1.54) is 0 Å². The largest absolute Gasteiger partial charge is 0.491 e. The Hall–Kier alpha value is -2.43. The van der Waals surface area contributed by atoms with E-state index in [4.69, 9.17) is 14.5 Å². The maximum Gasteiger partial charge on any atom is 0.243 e. The summed E-state index contributed by atoms with van der Waals surface area (Å²) < 4.78 is 11.0. The van der Waals surface area contributed by atoms with Crippen molar-refractivity contribution in [1.82, 2.24) is 19.9 Å². The summed E-state index contributed by atoms with van der Waals surface area (Å²) in [5.41, 5.74) is 0.580. The number of benzene rings is 1. The summed E-state index contributed by atoms with van der Waals surface area (Å²) in [6.45, 7) is 9.22. The summed E-state index contributed by atoms with van der Waals surface area (Å²) in [7, 11) is 0. The topological polar surface area (TPSA) is 78.4 Å². The molecule has 25 heavy (non-hydrogen) atoms. The lowest BCUT2D eigenvalue weighted by Crippen LogP contribution is -2.48. The summed E-state index contributed by atoms with van der Waals surface area (Å²) in [6.07, 6.45) is 0. The number of aromatic nitrogens is 2. The van der Waals surface area contributed by atoms with Crippen molar-refractivity contribution in [2.75, 3.05) is 39.3 Å². The predicted molar refractivity (Wildman–Crippen MR) is 92.1 cm³/mol. The fraction of sp³-hybridized carbons (Fsp3) is 0.500. The molecular weight excluding hydrogens is 318 g/mol. The molecule has 0 saturated carbocycles. The van der Waals surface area contributed by atoms with Crippen LogP contribution in [0.5, 0.6) is 5.75 Å². The molecule has 7 heteroatoms. The van der Waals surface area contributed by atoms with Gasteiger partial charge in [0, 0.05) is 32.7 Å². The molecule has 0 amide bonds. The Bertz CT molecular complexity index is 731. The molecule has 0 N–H and O–H groups in total. The fourth-order valence-corrected chi connectivity index (χ4v) is 2.98. The van der Waals surface area contributed by atoms with Crippen molar-refractivity contribution in [3.8, 4) is 11.8 Å². The Morgan fingerprint density at radius 1 is 1.28 bits per heavy atom. The highest BCUT2D eigenvalue weighted by Gasteiger charge is 2.25. The molecule has 1 aliphatic heterocycles. The van der Waals surface area contributed by atoms with Gasteiger partial charge in [0.25, 0.3) is 0 Å². The van der Waals surface area contributed by atoms with Gasteiger partial charge in [-0.1, -0.05) is 17.3 Å². The number of nitrogens with zero attached hydrogens (tertiary/aromatic N) is 5. The van der Waals surface area contributed by atoms with Crippen LogP contribution >= 0.6 is 0 Å². The van der Waals surface area contributed by atoms with Gasteiger partial charge < -0.3 is 9.26 Å². The van der Waals surface area contributed by atoms with Gasteiger partial charge in [0.2, 0.25) is 5.89 Å². The molecule has 2 aromatic rings. The van der Waals surface area contributed by atoms with Gasteiger partial charge in [0.15, 0.2) is 5.82 Å². The van der Waals surface area contributed by atoms with Crippen molar-refractivity contribution in [2.24, 2.45) is 0 Å². The van der Waals surface area contributed by atoms with Gasteiger partial charge in [-0.2, -0.15) is 10.2 Å². The van der Waals surface area contributed by atoms with Crippen LogP contribution in [0, 0.1) is 18.3 Å². The van der Waals surface area contributed by atoms with Crippen LogP contribution in [-0.4, -0.2) is 59.3 Å². The van der Waals surface area contributed by atoms with E-state index in [1.807, 2.05) is 25.1 Å². The molecule has 1 atom stereocenters. The van der Waals surface area contributed by atoms with Crippen LogP contribution in [-0.2, 0) is 0 Å². The minimum absolute atomic E-state index is 0.141. The normalized spacial score (nSPS) is 17.2. The number of rotatable bonds is 6. The summed E-state index contributed by atoms with van der Waals surface area (Å²) in [6, 6.07) is 9.63. The van der Waals surface area contributed by atoms with Gasteiger partial charge in [-0.05, 0) is 26.0 Å². The molecule has 1 fully saturated rings. The average Bonchev–Trinajstić information content (AvgIpc) is 3.08. The van der Waals surface area contributed by atoms with Crippen molar-refractivity contribution in [3.05, 3.63) is 41.5 Å². The molecule has 0 radical (unpaired) electrons. The van der Waals surface area contributed by atoms with Crippen molar-refractivity contribution < 1.29 is 9.26 Å². The molecule has 0 bridgehead atoms. The maximum atomic E-state index is 9.08. The zero-order valence-electron chi connectivity index (χ0n) is 14.7. The van der Waals surface area contributed by atoms with Crippen molar-refractivity contribution in [3.63, 3.8) is 0 Å². The van der Waals surface area contributed by atoms with E-state index in [0.717, 1.165) is 32.7 Å². The van der Waals surface area contributed by atoms with Gasteiger partial charge >= 0.3 is 0 Å². The lowest BCUT2D eigenvalue weighted by Gasteiger charge is -2.36. The molecule has 3 rings (SSSR count). The second kappa shape index (κ2) is 8.10. The Morgan fingerprint density at radius 2 is 2.04 bits per heavy atom. The second-order valence-electron chi connectivity index (χ2n) is 6.19. The van der Waals surface area contributed by atoms with Crippen molar-refractivity contribution in [1.29, 1.82) is 5.26 Å². The van der Waals surface area contributed by atoms with E-state index in [9.17, 15) is 0 Å². The third-order valence-corrected chi connectivity index (χ3v) is 4.53. The Balaban J connectivity index is 1.43. The number of piperazine rings is 1. The van der Waals surface area contributed by atoms with Crippen LogP contribution in [0.3, 0.4) is 0 Å². The van der Waals surface area contributed by atoms with Gasteiger partial charge in [-0.25, -0.2) is 0 Å². The summed E-state index contributed by atoms with van der Waals surface area (Å²) in [5, 5.41) is 12.9. The monoisotopic (exact) mass is 341 g/mol. The molecule has 0 aliphatic carbocycles.